The van der Waals surface area contributed by atoms with E-state index in [0.717, 1.165) is 6.42 Å². The smallest absolute Gasteiger partial charge is 0.338 e. The number of benzene rings is 2. The van der Waals surface area contributed by atoms with Crippen molar-refractivity contribution in [2.24, 2.45) is 0 Å². The maximum absolute atomic E-state index is 12.5. The largest absolute Gasteiger partial charge is 0.497 e. The lowest BCUT2D eigenvalue weighted by Gasteiger charge is -2.13. The van der Waals surface area contributed by atoms with Crippen LogP contribution in [-0.2, 0) is 9.53 Å². The third-order valence-corrected chi connectivity index (χ3v) is 3.89. The van der Waals surface area contributed by atoms with Gasteiger partial charge in [-0.3, -0.25) is 9.59 Å². The number of ketones is 1. The first-order valence-corrected chi connectivity index (χ1v) is 8.73. The molecule has 1 unspecified atom stereocenters. The SMILES string of the molecule is CCCC(=O)Nc1ccc(C(=O)C(C)OC(=O)c2cccc(OC)c2)cc1. The number of anilines is 1. The zero-order valence-corrected chi connectivity index (χ0v) is 15.7. The average molecular weight is 369 g/mol. The predicted octanol–water partition coefficient (Wildman–Crippen LogP) is 3.86. The number of hydrogen-bond acceptors (Lipinski definition) is 5. The number of methoxy groups -OCH3 is 1. The summed E-state index contributed by atoms with van der Waals surface area (Å²) in [7, 11) is 1.50. The topological polar surface area (TPSA) is 81.7 Å². The van der Waals surface area contributed by atoms with Gasteiger partial charge in [0.1, 0.15) is 5.75 Å². The van der Waals surface area contributed by atoms with Gasteiger partial charge in [-0.05, 0) is 55.8 Å². The highest BCUT2D eigenvalue weighted by Gasteiger charge is 2.20. The molecule has 0 aliphatic heterocycles. The maximum Gasteiger partial charge on any atom is 0.338 e. The van der Waals surface area contributed by atoms with Crippen molar-refractivity contribution < 1.29 is 23.9 Å². The monoisotopic (exact) mass is 369 g/mol. The van der Waals surface area contributed by atoms with Crippen molar-refractivity contribution in [1.29, 1.82) is 0 Å². The number of Topliss-reactive ketones (excluding diaryl/α,β-unsaturated/α-hetero) is 1. The lowest BCUT2D eigenvalue weighted by Crippen LogP contribution is -2.24. The normalized spacial score (nSPS) is 11.4. The maximum atomic E-state index is 12.5. The van der Waals surface area contributed by atoms with Crippen LogP contribution in [0.5, 0.6) is 5.75 Å². The van der Waals surface area contributed by atoms with Gasteiger partial charge in [-0.1, -0.05) is 13.0 Å². The molecule has 142 valence electrons. The van der Waals surface area contributed by atoms with Crippen LogP contribution in [0.3, 0.4) is 0 Å². The lowest BCUT2D eigenvalue weighted by molar-refractivity contribution is -0.116. The van der Waals surface area contributed by atoms with Crippen molar-refractivity contribution in [3.63, 3.8) is 0 Å². The zero-order chi connectivity index (χ0) is 19.8. The minimum Gasteiger partial charge on any atom is -0.497 e. The van der Waals surface area contributed by atoms with Crippen LogP contribution in [0, 0.1) is 0 Å². The Hall–Kier alpha value is -3.15. The summed E-state index contributed by atoms with van der Waals surface area (Å²) in [6.45, 7) is 3.45. The third kappa shape index (κ3) is 5.67. The fraction of sp³-hybridized carbons (Fsp3) is 0.286. The molecule has 0 radical (unpaired) electrons. The molecule has 2 aromatic rings. The molecule has 0 saturated heterocycles. The van der Waals surface area contributed by atoms with Crippen molar-refractivity contribution in [3.05, 3.63) is 59.7 Å². The van der Waals surface area contributed by atoms with Gasteiger partial charge in [0, 0.05) is 17.7 Å². The highest BCUT2D eigenvalue weighted by Crippen LogP contribution is 2.16. The van der Waals surface area contributed by atoms with Crippen LogP contribution in [0.2, 0.25) is 0 Å². The van der Waals surface area contributed by atoms with E-state index in [-0.39, 0.29) is 11.7 Å². The Bertz CT molecular complexity index is 814. The molecule has 0 aliphatic rings. The first-order valence-electron chi connectivity index (χ1n) is 8.73. The van der Waals surface area contributed by atoms with E-state index in [1.807, 2.05) is 6.92 Å². The van der Waals surface area contributed by atoms with Crippen molar-refractivity contribution in [2.45, 2.75) is 32.8 Å². The van der Waals surface area contributed by atoms with Crippen molar-refractivity contribution in [1.82, 2.24) is 0 Å². The molecule has 0 heterocycles. The third-order valence-electron chi connectivity index (χ3n) is 3.89. The second kappa shape index (κ2) is 9.52. The fourth-order valence-corrected chi connectivity index (χ4v) is 2.44. The van der Waals surface area contributed by atoms with E-state index in [4.69, 9.17) is 9.47 Å². The molecule has 1 N–H and O–H groups in total. The summed E-state index contributed by atoms with van der Waals surface area (Å²) in [5.41, 5.74) is 1.32. The van der Waals surface area contributed by atoms with Gasteiger partial charge < -0.3 is 14.8 Å². The fourth-order valence-electron chi connectivity index (χ4n) is 2.44. The van der Waals surface area contributed by atoms with Gasteiger partial charge >= 0.3 is 5.97 Å². The quantitative estimate of drug-likeness (QED) is 0.564. The Morgan fingerprint density at radius 1 is 1.04 bits per heavy atom. The van der Waals surface area contributed by atoms with Crippen LogP contribution in [0.1, 0.15) is 47.4 Å². The molecule has 0 aliphatic carbocycles. The zero-order valence-electron chi connectivity index (χ0n) is 15.7. The summed E-state index contributed by atoms with van der Waals surface area (Å²) in [6.07, 6.45) is 0.264. The molecule has 2 rings (SSSR count). The first-order chi connectivity index (χ1) is 12.9. The molecule has 6 nitrogen and oxygen atoms in total. The molecule has 0 bridgehead atoms. The molecule has 0 fully saturated rings. The van der Waals surface area contributed by atoms with Crippen LogP contribution in [0.15, 0.2) is 48.5 Å². The Morgan fingerprint density at radius 3 is 2.37 bits per heavy atom. The van der Waals surface area contributed by atoms with Crippen molar-refractivity contribution in [2.75, 3.05) is 12.4 Å². The van der Waals surface area contributed by atoms with Crippen LogP contribution >= 0.6 is 0 Å². The minimum atomic E-state index is -0.941. The van der Waals surface area contributed by atoms with Gasteiger partial charge in [0.15, 0.2) is 6.10 Å². The molecule has 1 atom stereocenters. The molecule has 6 heteroatoms. The molecule has 2 aromatic carbocycles. The summed E-state index contributed by atoms with van der Waals surface area (Å²) in [6, 6.07) is 13.0. The number of ether oxygens (including phenoxy) is 2. The van der Waals surface area contributed by atoms with Gasteiger partial charge in [0.25, 0.3) is 0 Å². The van der Waals surface area contributed by atoms with E-state index in [0.29, 0.717) is 29.0 Å². The summed E-state index contributed by atoms with van der Waals surface area (Å²) >= 11 is 0. The number of esters is 1. The van der Waals surface area contributed by atoms with Crippen LogP contribution in [0.4, 0.5) is 5.69 Å². The van der Waals surface area contributed by atoms with Crippen LogP contribution < -0.4 is 10.1 Å². The second-order valence-electron chi connectivity index (χ2n) is 6.02. The predicted molar refractivity (Wildman–Crippen MR) is 102 cm³/mol. The average Bonchev–Trinajstić information content (AvgIpc) is 2.68. The number of hydrogen-bond donors (Lipinski definition) is 1. The second-order valence-corrected chi connectivity index (χ2v) is 6.02. The lowest BCUT2D eigenvalue weighted by atomic mass is 10.1. The Labute approximate surface area is 158 Å². The molecule has 27 heavy (non-hydrogen) atoms. The Balaban J connectivity index is 1.99. The van der Waals surface area contributed by atoms with E-state index in [2.05, 4.69) is 5.32 Å². The molecule has 1 amide bonds. The molecular formula is C21H23NO5. The van der Waals surface area contributed by atoms with E-state index >= 15 is 0 Å². The number of amides is 1. The summed E-state index contributed by atoms with van der Waals surface area (Å²) in [4.78, 5) is 36.3. The van der Waals surface area contributed by atoms with Gasteiger partial charge in [-0.25, -0.2) is 4.79 Å². The van der Waals surface area contributed by atoms with Gasteiger partial charge in [-0.2, -0.15) is 0 Å². The van der Waals surface area contributed by atoms with Crippen LogP contribution in [0.25, 0.3) is 0 Å². The standard InChI is InChI=1S/C21H23NO5/c1-4-6-19(23)22-17-11-9-15(10-12-17)20(24)14(2)27-21(25)16-7-5-8-18(13-16)26-3/h5,7-14H,4,6H2,1-3H3,(H,22,23). The van der Waals surface area contributed by atoms with Crippen LogP contribution in [-0.4, -0.2) is 30.9 Å². The molecule has 0 saturated carbocycles. The molecular weight excluding hydrogens is 346 g/mol. The van der Waals surface area contributed by atoms with Gasteiger partial charge in [-0.15, -0.1) is 0 Å². The Kier molecular flexibility index (Phi) is 7.11. The van der Waals surface area contributed by atoms with E-state index in [9.17, 15) is 14.4 Å². The van der Waals surface area contributed by atoms with Crippen molar-refractivity contribution in [3.8, 4) is 5.75 Å². The summed E-state index contributed by atoms with van der Waals surface area (Å²) in [5.74, 6) is -0.461. The van der Waals surface area contributed by atoms with E-state index in [1.54, 1.807) is 48.5 Å². The Morgan fingerprint density at radius 2 is 1.74 bits per heavy atom. The highest BCUT2D eigenvalue weighted by atomic mass is 16.5. The minimum absolute atomic E-state index is 0.0721. The first kappa shape index (κ1) is 20.2. The summed E-state index contributed by atoms with van der Waals surface area (Å²) in [5, 5.41) is 2.76. The number of carbonyl (C=O) groups is 3. The molecule has 0 spiro atoms. The van der Waals surface area contributed by atoms with Gasteiger partial charge in [0.05, 0.1) is 12.7 Å². The molecule has 0 aromatic heterocycles. The number of nitrogens with one attached hydrogen (secondary N) is 1. The summed E-state index contributed by atoms with van der Waals surface area (Å²) < 4.78 is 10.3. The highest BCUT2D eigenvalue weighted by molar-refractivity contribution is 6.02. The van der Waals surface area contributed by atoms with Crippen molar-refractivity contribution >= 4 is 23.3 Å². The van der Waals surface area contributed by atoms with E-state index in [1.165, 1.54) is 14.0 Å². The van der Waals surface area contributed by atoms with E-state index < -0.39 is 12.1 Å². The number of carbonyl (C=O) groups excluding carboxylic acids is 3. The van der Waals surface area contributed by atoms with Gasteiger partial charge in [0.2, 0.25) is 11.7 Å². The number of rotatable bonds is 8.